The molecule has 3 aromatic heterocycles. The number of aromatic nitrogens is 6. The summed E-state index contributed by atoms with van der Waals surface area (Å²) in [6.07, 6.45) is 2.89. The molecule has 4 heterocycles. The number of para-hydroxylation sites is 1. The van der Waals surface area contributed by atoms with E-state index < -0.39 is 0 Å². The number of methoxy groups -OCH3 is 1. The number of hydrogen-bond donors (Lipinski definition) is 1. The van der Waals surface area contributed by atoms with Crippen LogP contribution in [0.4, 0.5) is 5.95 Å². The van der Waals surface area contributed by atoms with E-state index in [9.17, 15) is 0 Å². The van der Waals surface area contributed by atoms with E-state index in [1.54, 1.807) is 11.8 Å². The zero-order valence-corrected chi connectivity index (χ0v) is 17.6. The summed E-state index contributed by atoms with van der Waals surface area (Å²) in [5, 5.41) is 9.34. The molecule has 0 saturated carbocycles. The smallest absolute Gasteiger partial charge is 0.221 e. The molecule has 0 aliphatic carbocycles. The van der Waals surface area contributed by atoms with Crippen molar-refractivity contribution in [2.24, 2.45) is 0 Å². The molecule has 1 aromatic carbocycles. The van der Waals surface area contributed by atoms with Gasteiger partial charge < -0.3 is 19.9 Å². The molecule has 0 radical (unpaired) electrons. The lowest BCUT2D eigenvalue weighted by molar-refractivity contribution is 0.0301. The SMILES string of the molecule is COc1cccc2c(-c3cn(Cc4cccc(CO[C@@H]5CCOC5)n4)nn3)nc(N)nc12. The maximum Gasteiger partial charge on any atom is 0.221 e. The Morgan fingerprint density at radius 1 is 1.12 bits per heavy atom. The lowest BCUT2D eigenvalue weighted by atomic mass is 10.1. The van der Waals surface area contributed by atoms with Crippen molar-refractivity contribution in [2.75, 3.05) is 26.1 Å². The van der Waals surface area contributed by atoms with Crippen LogP contribution >= 0.6 is 0 Å². The number of ether oxygens (including phenoxy) is 3. The molecular formula is C22H23N7O3. The fourth-order valence-electron chi connectivity index (χ4n) is 3.70. The number of benzene rings is 1. The van der Waals surface area contributed by atoms with Crippen LogP contribution in [0.1, 0.15) is 17.8 Å². The van der Waals surface area contributed by atoms with Crippen LogP contribution in [-0.4, -0.2) is 56.4 Å². The summed E-state index contributed by atoms with van der Waals surface area (Å²) < 4.78 is 18.3. The van der Waals surface area contributed by atoms with Gasteiger partial charge in [0.1, 0.15) is 22.7 Å². The summed E-state index contributed by atoms with van der Waals surface area (Å²) in [6, 6.07) is 11.5. The van der Waals surface area contributed by atoms with E-state index in [1.807, 2.05) is 42.6 Å². The van der Waals surface area contributed by atoms with Crippen molar-refractivity contribution in [2.45, 2.75) is 25.7 Å². The summed E-state index contributed by atoms with van der Waals surface area (Å²) in [5.74, 6) is 0.770. The average molecular weight is 433 g/mol. The molecule has 164 valence electrons. The highest BCUT2D eigenvalue weighted by molar-refractivity contribution is 5.95. The second-order valence-electron chi connectivity index (χ2n) is 7.51. The van der Waals surface area contributed by atoms with E-state index in [-0.39, 0.29) is 12.1 Å². The Balaban J connectivity index is 1.36. The first kappa shape index (κ1) is 20.3. The zero-order chi connectivity index (χ0) is 21.9. The molecule has 10 nitrogen and oxygen atoms in total. The minimum absolute atomic E-state index is 0.145. The molecule has 32 heavy (non-hydrogen) atoms. The molecule has 2 N–H and O–H groups in total. The molecule has 4 aromatic rings. The van der Waals surface area contributed by atoms with Crippen molar-refractivity contribution in [1.82, 2.24) is 29.9 Å². The molecule has 5 rings (SSSR count). The van der Waals surface area contributed by atoms with Gasteiger partial charge in [0.15, 0.2) is 0 Å². The second-order valence-corrected chi connectivity index (χ2v) is 7.51. The van der Waals surface area contributed by atoms with Crippen LogP contribution in [0.5, 0.6) is 5.75 Å². The average Bonchev–Trinajstić information content (AvgIpc) is 3.49. The van der Waals surface area contributed by atoms with E-state index in [1.165, 1.54) is 0 Å². The molecule has 1 aliphatic heterocycles. The number of hydrogen-bond acceptors (Lipinski definition) is 9. The molecule has 1 fully saturated rings. The van der Waals surface area contributed by atoms with Crippen molar-refractivity contribution in [1.29, 1.82) is 0 Å². The van der Waals surface area contributed by atoms with Crippen LogP contribution in [-0.2, 0) is 22.6 Å². The Morgan fingerprint density at radius 2 is 2.00 bits per heavy atom. The molecule has 0 bridgehead atoms. The van der Waals surface area contributed by atoms with Gasteiger partial charge in [-0.3, -0.25) is 4.98 Å². The normalized spacial score (nSPS) is 16.0. The summed E-state index contributed by atoms with van der Waals surface area (Å²) in [6.45, 7) is 2.33. The van der Waals surface area contributed by atoms with Gasteiger partial charge in [-0.2, -0.15) is 0 Å². The Hall–Kier alpha value is -3.63. The fraction of sp³-hybridized carbons (Fsp3) is 0.318. The lowest BCUT2D eigenvalue weighted by Crippen LogP contribution is -2.13. The molecule has 1 aliphatic rings. The third kappa shape index (κ3) is 4.23. The first-order valence-corrected chi connectivity index (χ1v) is 10.3. The summed E-state index contributed by atoms with van der Waals surface area (Å²) >= 11 is 0. The Bertz CT molecular complexity index is 1240. The minimum Gasteiger partial charge on any atom is -0.494 e. The highest BCUT2D eigenvalue weighted by Gasteiger charge is 2.17. The van der Waals surface area contributed by atoms with Crippen LogP contribution in [0.3, 0.4) is 0 Å². The maximum atomic E-state index is 5.94. The van der Waals surface area contributed by atoms with Gasteiger partial charge in [-0.1, -0.05) is 23.4 Å². The standard InChI is InChI=1S/C22H23N7O3/c1-30-19-7-3-6-17-20(25-22(23)26-21(17)19)18-11-29(28-27-18)10-14-4-2-5-15(24-14)12-32-16-8-9-31-13-16/h2-7,11,16H,8-10,12-13H2,1H3,(H2,23,25,26)/t16-/m1/s1. The second kappa shape index (κ2) is 8.85. The predicted octanol–water partition coefficient (Wildman–Crippen LogP) is 2.23. The molecule has 1 atom stereocenters. The summed E-state index contributed by atoms with van der Waals surface area (Å²) in [5.41, 5.74) is 9.51. The third-order valence-corrected chi connectivity index (χ3v) is 5.25. The molecule has 10 heteroatoms. The van der Waals surface area contributed by atoms with Crippen LogP contribution < -0.4 is 10.5 Å². The number of pyridine rings is 1. The van der Waals surface area contributed by atoms with Gasteiger partial charge in [-0.15, -0.1) is 5.10 Å². The minimum atomic E-state index is 0.145. The monoisotopic (exact) mass is 433 g/mol. The molecule has 0 amide bonds. The van der Waals surface area contributed by atoms with Crippen molar-refractivity contribution < 1.29 is 14.2 Å². The Labute approximate surface area is 184 Å². The van der Waals surface area contributed by atoms with Crippen molar-refractivity contribution >= 4 is 16.9 Å². The highest BCUT2D eigenvalue weighted by atomic mass is 16.5. The van der Waals surface area contributed by atoms with Gasteiger partial charge >= 0.3 is 0 Å². The number of fused-ring (bicyclic) bond motifs is 1. The van der Waals surface area contributed by atoms with Crippen molar-refractivity contribution in [3.8, 4) is 17.1 Å². The quantitative estimate of drug-likeness (QED) is 0.467. The summed E-state index contributed by atoms with van der Waals surface area (Å²) in [7, 11) is 1.59. The maximum absolute atomic E-state index is 5.94. The topological polar surface area (TPSA) is 123 Å². The van der Waals surface area contributed by atoms with Crippen LogP contribution in [0.15, 0.2) is 42.6 Å². The number of anilines is 1. The highest BCUT2D eigenvalue weighted by Crippen LogP contribution is 2.30. The first-order chi connectivity index (χ1) is 15.7. The molecule has 0 spiro atoms. The van der Waals surface area contributed by atoms with E-state index in [0.717, 1.165) is 29.8 Å². The van der Waals surface area contributed by atoms with Crippen molar-refractivity contribution in [3.05, 3.63) is 54.0 Å². The molecular weight excluding hydrogens is 410 g/mol. The van der Waals surface area contributed by atoms with Crippen molar-refractivity contribution in [3.63, 3.8) is 0 Å². The lowest BCUT2D eigenvalue weighted by Gasteiger charge is -2.10. The van der Waals surface area contributed by atoms with Crippen LogP contribution in [0.25, 0.3) is 22.3 Å². The predicted molar refractivity (Wildman–Crippen MR) is 117 cm³/mol. The largest absolute Gasteiger partial charge is 0.494 e. The fourth-order valence-corrected chi connectivity index (χ4v) is 3.70. The van der Waals surface area contributed by atoms with Crippen LogP contribution in [0, 0.1) is 0 Å². The van der Waals surface area contributed by atoms with Gasteiger partial charge in [0.25, 0.3) is 0 Å². The number of nitrogen functional groups attached to an aromatic ring is 1. The zero-order valence-electron chi connectivity index (χ0n) is 17.6. The van der Waals surface area contributed by atoms with Gasteiger partial charge in [-0.05, 0) is 24.6 Å². The van der Waals surface area contributed by atoms with Gasteiger partial charge in [0.05, 0.1) is 50.6 Å². The van der Waals surface area contributed by atoms with Gasteiger partial charge in [0, 0.05) is 12.0 Å². The molecule has 1 saturated heterocycles. The summed E-state index contributed by atoms with van der Waals surface area (Å²) in [4.78, 5) is 13.4. The number of rotatable bonds is 7. The number of nitrogens with two attached hydrogens (primary N) is 1. The van der Waals surface area contributed by atoms with E-state index >= 15 is 0 Å². The Kier molecular flexibility index (Phi) is 5.61. The third-order valence-electron chi connectivity index (χ3n) is 5.25. The number of nitrogens with zero attached hydrogens (tertiary/aromatic N) is 6. The molecule has 0 unspecified atom stereocenters. The van der Waals surface area contributed by atoms with E-state index in [2.05, 4.69) is 25.3 Å². The van der Waals surface area contributed by atoms with Gasteiger partial charge in [-0.25, -0.2) is 14.6 Å². The van der Waals surface area contributed by atoms with E-state index in [0.29, 0.717) is 42.4 Å². The Morgan fingerprint density at radius 3 is 2.84 bits per heavy atom. The van der Waals surface area contributed by atoms with Crippen LogP contribution in [0.2, 0.25) is 0 Å². The van der Waals surface area contributed by atoms with E-state index in [4.69, 9.17) is 19.9 Å². The first-order valence-electron chi connectivity index (χ1n) is 10.3. The van der Waals surface area contributed by atoms with Gasteiger partial charge in [0.2, 0.25) is 5.95 Å².